The number of nitrogens with zero attached hydrogens (tertiary/aromatic N) is 2. The van der Waals surface area contributed by atoms with Crippen LogP contribution in [0.25, 0.3) is 44.1 Å². The maximum absolute atomic E-state index is 5.31. The number of fused-ring (bicyclic) bond motifs is 3. The molecule has 5 aromatic carbocycles. The van der Waals surface area contributed by atoms with Gasteiger partial charge in [0.1, 0.15) is 6.17 Å². The largest absolute Gasteiger partial charge is 0.378 e. The highest BCUT2D eigenvalue weighted by atomic mass is 15.8. The second-order valence-corrected chi connectivity index (χ2v) is 13.8. The number of aromatic nitrogens is 1. The number of rotatable bonds is 9. The molecule has 3 N–H and O–H groups in total. The lowest BCUT2D eigenvalue weighted by molar-refractivity contribution is 0.348. The molecule has 1 saturated heterocycles. The van der Waals surface area contributed by atoms with E-state index in [4.69, 9.17) is 4.99 Å². The first-order valence-electron chi connectivity index (χ1n) is 18.0. The van der Waals surface area contributed by atoms with E-state index in [-0.39, 0.29) is 24.3 Å². The van der Waals surface area contributed by atoms with Crippen LogP contribution < -0.4 is 10.7 Å². The number of anilines is 1. The molecule has 0 radical (unpaired) electrons. The zero-order chi connectivity index (χ0) is 34.1. The lowest BCUT2D eigenvalue weighted by Crippen LogP contribution is -2.29. The van der Waals surface area contributed by atoms with Gasteiger partial charge in [-0.15, -0.1) is 0 Å². The molecule has 51 heavy (non-hydrogen) atoms. The fourth-order valence-corrected chi connectivity index (χ4v) is 7.63. The number of aliphatic imine (C=N–C) groups is 1. The van der Waals surface area contributed by atoms with Gasteiger partial charge in [0.05, 0.1) is 12.2 Å². The van der Waals surface area contributed by atoms with Crippen molar-refractivity contribution in [2.45, 2.75) is 31.7 Å². The van der Waals surface area contributed by atoms with Crippen molar-refractivity contribution >= 4 is 33.7 Å². The van der Waals surface area contributed by atoms with Crippen LogP contribution in [0, 0.1) is 11.8 Å². The van der Waals surface area contributed by atoms with E-state index in [1.807, 2.05) is 0 Å². The number of hydrazine groups is 1. The van der Waals surface area contributed by atoms with Crippen molar-refractivity contribution in [3.05, 3.63) is 175 Å². The number of nitrogens with one attached hydrogen (secondary N) is 3. The first-order chi connectivity index (χ1) is 25.2. The second-order valence-electron chi connectivity index (χ2n) is 13.8. The maximum Gasteiger partial charge on any atom is 0.142 e. The molecule has 6 atom stereocenters. The summed E-state index contributed by atoms with van der Waals surface area (Å²) < 4.78 is 0. The number of aromatic amines is 1. The molecular formula is C46H41N5. The third-order valence-corrected chi connectivity index (χ3v) is 10.6. The first kappa shape index (κ1) is 31.2. The monoisotopic (exact) mass is 663 g/mol. The van der Waals surface area contributed by atoms with E-state index in [2.05, 4.69) is 198 Å². The van der Waals surface area contributed by atoms with Crippen molar-refractivity contribution in [1.29, 1.82) is 0 Å². The minimum Gasteiger partial charge on any atom is -0.378 e. The van der Waals surface area contributed by atoms with E-state index in [9.17, 15) is 0 Å². The summed E-state index contributed by atoms with van der Waals surface area (Å²) in [4.78, 5) is 8.96. The van der Waals surface area contributed by atoms with Crippen LogP contribution in [0.2, 0.25) is 0 Å². The fourth-order valence-electron chi connectivity index (χ4n) is 7.63. The third kappa shape index (κ3) is 6.27. The van der Waals surface area contributed by atoms with Gasteiger partial charge in [-0.05, 0) is 52.4 Å². The van der Waals surface area contributed by atoms with Gasteiger partial charge in [-0.3, -0.25) is 4.99 Å². The summed E-state index contributed by atoms with van der Waals surface area (Å²) in [5.74, 6) is 0.625. The summed E-state index contributed by atoms with van der Waals surface area (Å²) in [5, 5.41) is 8.73. The second kappa shape index (κ2) is 13.5. The van der Waals surface area contributed by atoms with Gasteiger partial charge in [-0.1, -0.05) is 153 Å². The highest BCUT2D eigenvalue weighted by molar-refractivity contribution is 6.10. The summed E-state index contributed by atoms with van der Waals surface area (Å²) in [7, 11) is 0. The summed E-state index contributed by atoms with van der Waals surface area (Å²) in [6.07, 6.45) is 18.8. The molecule has 5 unspecified atom stereocenters. The van der Waals surface area contributed by atoms with Crippen molar-refractivity contribution in [1.82, 2.24) is 15.4 Å². The Bertz CT molecular complexity index is 2330. The predicted octanol–water partition coefficient (Wildman–Crippen LogP) is 10.6. The highest BCUT2D eigenvalue weighted by Gasteiger charge is 2.44. The molecule has 5 heteroatoms. The Balaban J connectivity index is 0.999. The molecule has 5 nitrogen and oxygen atoms in total. The Morgan fingerprint density at radius 1 is 0.745 bits per heavy atom. The average Bonchev–Trinajstić information content (AvgIpc) is 3.90. The molecule has 3 aliphatic rings. The Hall–Kier alpha value is -5.75. The molecule has 250 valence electrons. The average molecular weight is 664 g/mol. The van der Waals surface area contributed by atoms with Crippen LogP contribution in [0.3, 0.4) is 0 Å². The molecule has 2 heterocycles. The molecule has 9 rings (SSSR count). The van der Waals surface area contributed by atoms with Crippen molar-refractivity contribution < 1.29 is 0 Å². The van der Waals surface area contributed by atoms with Gasteiger partial charge < -0.3 is 10.3 Å². The standard InChI is InChI=1S/C46H41N5/c1-31-37(30-47-45(51-46(50-51)35-18-9-4-10-19-35)36-26-24-33(25-27-36)32-14-5-2-6-15-32)20-13-23-41(31)48-43-29-44-40(38-21-11-12-22-42(38)49-44)28-39(43)34-16-7-3-8-17-34/h2-18,20-31,35,41,45-46,48-50H,19H2,1H3/b47-30+/t31?,35?,41?,45?,46?,51-/m1/s1. The topological polar surface area (TPSA) is 65.1 Å². The summed E-state index contributed by atoms with van der Waals surface area (Å²) in [6.45, 7) is 2.30. The SMILES string of the molecule is CC1C(/C=N/C(c2ccc(-c3ccccc3)cc2)[N@@]2NC2C2C=CC=CC2)=CC=CC1Nc1cc2[nH]c3ccccc3c2cc1-c1ccccc1. The van der Waals surface area contributed by atoms with Crippen LogP contribution >= 0.6 is 0 Å². The molecule has 1 aromatic heterocycles. The Labute approximate surface area is 299 Å². The van der Waals surface area contributed by atoms with E-state index in [1.165, 1.54) is 44.2 Å². The number of para-hydroxylation sites is 1. The predicted molar refractivity (Wildman–Crippen MR) is 213 cm³/mol. The van der Waals surface area contributed by atoms with Crippen molar-refractivity contribution in [2.24, 2.45) is 16.8 Å². The first-order valence-corrected chi connectivity index (χ1v) is 18.0. The Morgan fingerprint density at radius 2 is 1.49 bits per heavy atom. The molecule has 1 aliphatic heterocycles. The van der Waals surface area contributed by atoms with Gasteiger partial charge >= 0.3 is 0 Å². The van der Waals surface area contributed by atoms with Crippen LogP contribution in [0.5, 0.6) is 0 Å². The van der Waals surface area contributed by atoms with E-state index >= 15 is 0 Å². The Kier molecular flexibility index (Phi) is 8.28. The summed E-state index contributed by atoms with van der Waals surface area (Å²) >= 11 is 0. The number of H-pyrrole nitrogens is 1. The minimum absolute atomic E-state index is 0.0932. The van der Waals surface area contributed by atoms with Gasteiger partial charge in [0.2, 0.25) is 0 Å². The van der Waals surface area contributed by atoms with Gasteiger partial charge in [-0.25, -0.2) is 5.43 Å². The number of hydrogen-bond acceptors (Lipinski definition) is 4. The molecular weight excluding hydrogens is 623 g/mol. The number of hydrogen-bond donors (Lipinski definition) is 3. The van der Waals surface area contributed by atoms with E-state index in [0.29, 0.717) is 5.92 Å². The third-order valence-electron chi connectivity index (χ3n) is 10.6. The van der Waals surface area contributed by atoms with Crippen LogP contribution in [-0.2, 0) is 0 Å². The number of allylic oxidation sites excluding steroid dienone is 5. The molecule has 0 amide bonds. The smallest absolute Gasteiger partial charge is 0.142 e. The minimum atomic E-state index is -0.140. The number of benzene rings is 5. The Morgan fingerprint density at radius 3 is 2.27 bits per heavy atom. The highest BCUT2D eigenvalue weighted by Crippen LogP contribution is 2.39. The summed E-state index contributed by atoms with van der Waals surface area (Å²) in [5.41, 5.74) is 14.2. The van der Waals surface area contributed by atoms with E-state index in [0.717, 1.165) is 23.1 Å². The molecule has 1 fully saturated rings. The quantitative estimate of drug-likeness (QED) is 0.107. The molecule has 0 spiro atoms. The zero-order valence-corrected chi connectivity index (χ0v) is 28.7. The summed E-state index contributed by atoms with van der Waals surface area (Å²) in [6, 6.07) is 43.4. The zero-order valence-electron chi connectivity index (χ0n) is 28.7. The van der Waals surface area contributed by atoms with Crippen LogP contribution in [0.1, 0.15) is 25.1 Å². The van der Waals surface area contributed by atoms with Gasteiger partial charge in [-0.2, -0.15) is 5.01 Å². The van der Waals surface area contributed by atoms with Gasteiger partial charge in [0, 0.05) is 51.1 Å². The molecule has 6 aromatic rings. The van der Waals surface area contributed by atoms with Crippen LogP contribution in [0.4, 0.5) is 5.69 Å². The maximum atomic E-state index is 5.31. The molecule has 2 aliphatic carbocycles. The normalized spacial score (nSPS) is 23.2. The van der Waals surface area contributed by atoms with Crippen LogP contribution in [-0.4, -0.2) is 28.4 Å². The lowest BCUT2D eigenvalue weighted by Gasteiger charge is -2.28. The van der Waals surface area contributed by atoms with Gasteiger partial charge in [0.25, 0.3) is 0 Å². The van der Waals surface area contributed by atoms with Crippen molar-refractivity contribution in [2.75, 3.05) is 5.32 Å². The molecule has 0 bridgehead atoms. The van der Waals surface area contributed by atoms with Crippen molar-refractivity contribution in [3.8, 4) is 22.3 Å². The van der Waals surface area contributed by atoms with Crippen LogP contribution in [0.15, 0.2) is 174 Å². The van der Waals surface area contributed by atoms with Gasteiger partial charge in [0.15, 0.2) is 0 Å². The molecule has 0 saturated carbocycles. The van der Waals surface area contributed by atoms with Crippen molar-refractivity contribution in [3.63, 3.8) is 0 Å². The van der Waals surface area contributed by atoms with E-state index < -0.39 is 0 Å². The fraction of sp³-hybridized carbons (Fsp3) is 0.152. The lowest BCUT2D eigenvalue weighted by atomic mass is 9.88. The van der Waals surface area contributed by atoms with E-state index in [1.54, 1.807) is 0 Å².